The molecule has 1 amide bonds. The fraction of sp³-hybridized carbons (Fsp3) is 0.250. The van der Waals surface area contributed by atoms with Gasteiger partial charge in [0, 0.05) is 56.7 Å². The zero-order chi connectivity index (χ0) is 19.5. The van der Waals surface area contributed by atoms with Crippen LogP contribution in [0.5, 0.6) is 0 Å². The molecule has 1 aliphatic rings. The Hall–Kier alpha value is -2.41. The van der Waals surface area contributed by atoms with E-state index in [4.69, 9.17) is 27.7 Å². The van der Waals surface area contributed by atoms with E-state index in [1.807, 2.05) is 24.3 Å². The monoisotopic (exact) mass is 416 g/mol. The standard InChI is InChI=1S/C20H18Cl2N4O2/c21-16-5-1-3-15(19(16)22)13-25-7-9-26(10-8-25)20(27)17-11-18(28-24-17)14-4-2-6-23-12-14/h1-6,11-12H,7-10,13H2. The normalized spacial score (nSPS) is 15.0. The molecular formula is C20H18Cl2N4O2. The second kappa shape index (κ2) is 8.31. The van der Waals surface area contributed by atoms with Crippen LogP contribution in [0.4, 0.5) is 0 Å². The molecule has 0 radical (unpaired) electrons. The Kier molecular flexibility index (Phi) is 5.62. The molecule has 0 spiro atoms. The lowest BCUT2D eigenvalue weighted by atomic mass is 10.2. The van der Waals surface area contributed by atoms with Crippen LogP contribution in [0, 0.1) is 0 Å². The van der Waals surface area contributed by atoms with E-state index in [0.717, 1.165) is 24.2 Å². The largest absolute Gasteiger partial charge is 0.355 e. The third kappa shape index (κ3) is 4.04. The smallest absolute Gasteiger partial charge is 0.276 e. The first-order chi connectivity index (χ1) is 13.6. The lowest BCUT2D eigenvalue weighted by Gasteiger charge is -2.34. The summed E-state index contributed by atoms with van der Waals surface area (Å²) in [5.41, 5.74) is 2.09. The molecule has 4 rings (SSSR count). The quantitative estimate of drug-likeness (QED) is 0.642. The number of hydrogen-bond donors (Lipinski definition) is 0. The predicted molar refractivity (Wildman–Crippen MR) is 107 cm³/mol. The minimum atomic E-state index is -0.126. The van der Waals surface area contributed by atoms with Crippen LogP contribution < -0.4 is 0 Å². The summed E-state index contributed by atoms with van der Waals surface area (Å²) in [5.74, 6) is 0.407. The number of hydrogen-bond acceptors (Lipinski definition) is 5. The topological polar surface area (TPSA) is 62.5 Å². The van der Waals surface area contributed by atoms with Crippen LogP contribution in [0.1, 0.15) is 16.1 Å². The van der Waals surface area contributed by atoms with Gasteiger partial charge in [-0.15, -0.1) is 0 Å². The molecule has 0 bridgehead atoms. The molecule has 0 N–H and O–H groups in total. The first-order valence-corrected chi connectivity index (χ1v) is 9.69. The first-order valence-electron chi connectivity index (χ1n) is 8.93. The first kappa shape index (κ1) is 18.9. The van der Waals surface area contributed by atoms with Crippen molar-refractivity contribution in [3.63, 3.8) is 0 Å². The van der Waals surface area contributed by atoms with Gasteiger partial charge in [0.2, 0.25) is 0 Å². The maximum Gasteiger partial charge on any atom is 0.276 e. The molecule has 28 heavy (non-hydrogen) atoms. The summed E-state index contributed by atoms with van der Waals surface area (Å²) in [4.78, 5) is 20.8. The van der Waals surface area contributed by atoms with E-state index in [0.29, 0.717) is 41.1 Å². The number of piperazine rings is 1. The molecule has 3 aromatic rings. The molecule has 1 fully saturated rings. The zero-order valence-electron chi connectivity index (χ0n) is 15.0. The zero-order valence-corrected chi connectivity index (χ0v) is 16.5. The summed E-state index contributed by atoms with van der Waals surface area (Å²) < 4.78 is 5.31. The van der Waals surface area contributed by atoms with Gasteiger partial charge >= 0.3 is 0 Å². The van der Waals surface area contributed by atoms with Crippen LogP contribution in [-0.2, 0) is 6.54 Å². The number of amides is 1. The van der Waals surface area contributed by atoms with Crippen molar-refractivity contribution in [3.05, 3.63) is 70.1 Å². The Morgan fingerprint density at radius 1 is 1.11 bits per heavy atom. The van der Waals surface area contributed by atoms with Crippen LogP contribution in [0.2, 0.25) is 10.0 Å². The van der Waals surface area contributed by atoms with E-state index in [9.17, 15) is 4.79 Å². The third-order valence-electron chi connectivity index (χ3n) is 4.76. The van der Waals surface area contributed by atoms with Crippen molar-refractivity contribution in [3.8, 4) is 11.3 Å². The van der Waals surface area contributed by atoms with Gasteiger partial charge in [-0.05, 0) is 23.8 Å². The Bertz CT molecular complexity index is 969. The van der Waals surface area contributed by atoms with Gasteiger partial charge in [0.15, 0.2) is 11.5 Å². The Morgan fingerprint density at radius 3 is 2.68 bits per heavy atom. The number of aromatic nitrogens is 2. The van der Waals surface area contributed by atoms with Crippen LogP contribution in [0.15, 0.2) is 53.3 Å². The molecular weight excluding hydrogens is 399 g/mol. The fourth-order valence-corrected chi connectivity index (χ4v) is 3.58. The van der Waals surface area contributed by atoms with Crippen molar-refractivity contribution < 1.29 is 9.32 Å². The van der Waals surface area contributed by atoms with Crippen LogP contribution >= 0.6 is 23.2 Å². The highest BCUT2D eigenvalue weighted by atomic mass is 35.5. The van der Waals surface area contributed by atoms with Crippen molar-refractivity contribution in [2.24, 2.45) is 0 Å². The van der Waals surface area contributed by atoms with Gasteiger partial charge < -0.3 is 9.42 Å². The maximum atomic E-state index is 12.7. The number of pyridine rings is 1. The molecule has 3 heterocycles. The van der Waals surface area contributed by atoms with Crippen molar-refractivity contribution in [2.75, 3.05) is 26.2 Å². The summed E-state index contributed by atoms with van der Waals surface area (Å²) >= 11 is 12.4. The molecule has 2 aromatic heterocycles. The number of carbonyl (C=O) groups excluding carboxylic acids is 1. The van der Waals surface area contributed by atoms with Gasteiger partial charge in [-0.3, -0.25) is 14.7 Å². The molecule has 8 heteroatoms. The summed E-state index contributed by atoms with van der Waals surface area (Å²) in [6.07, 6.45) is 3.36. The van der Waals surface area contributed by atoms with Crippen LogP contribution in [-0.4, -0.2) is 52.0 Å². The number of benzene rings is 1. The lowest BCUT2D eigenvalue weighted by Crippen LogP contribution is -2.48. The van der Waals surface area contributed by atoms with Crippen molar-refractivity contribution in [1.82, 2.24) is 19.9 Å². The molecule has 0 aliphatic carbocycles. The highest BCUT2D eigenvalue weighted by Crippen LogP contribution is 2.27. The van der Waals surface area contributed by atoms with Crippen molar-refractivity contribution in [2.45, 2.75) is 6.54 Å². The summed E-state index contributed by atoms with van der Waals surface area (Å²) in [5, 5.41) is 5.09. The van der Waals surface area contributed by atoms with Crippen molar-refractivity contribution >= 4 is 29.1 Å². The number of rotatable bonds is 4. The maximum absolute atomic E-state index is 12.7. The van der Waals surface area contributed by atoms with E-state index < -0.39 is 0 Å². The van der Waals surface area contributed by atoms with Crippen LogP contribution in [0.3, 0.4) is 0 Å². The van der Waals surface area contributed by atoms with Gasteiger partial charge in [0.25, 0.3) is 5.91 Å². The molecule has 0 saturated carbocycles. The van der Waals surface area contributed by atoms with E-state index in [1.54, 1.807) is 29.4 Å². The van der Waals surface area contributed by atoms with Gasteiger partial charge in [-0.2, -0.15) is 0 Å². The molecule has 1 saturated heterocycles. The summed E-state index contributed by atoms with van der Waals surface area (Å²) in [7, 11) is 0. The van der Waals surface area contributed by atoms with Crippen molar-refractivity contribution in [1.29, 1.82) is 0 Å². The number of halogens is 2. The van der Waals surface area contributed by atoms with Gasteiger partial charge in [-0.25, -0.2) is 0 Å². The minimum absolute atomic E-state index is 0.126. The highest BCUT2D eigenvalue weighted by molar-refractivity contribution is 6.42. The lowest BCUT2D eigenvalue weighted by molar-refractivity contribution is 0.0618. The minimum Gasteiger partial charge on any atom is -0.355 e. The average molecular weight is 417 g/mol. The fourth-order valence-electron chi connectivity index (χ4n) is 3.20. The van der Waals surface area contributed by atoms with Gasteiger partial charge in [0.05, 0.1) is 10.0 Å². The number of nitrogens with zero attached hydrogens (tertiary/aromatic N) is 4. The highest BCUT2D eigenvalue weighted by Gasteiger charge is 2.25. The Balaban J connectivity index is 1.37. The Labute approximate surface area is 172 Å². The molecule has 0 atom stereocenters. The molecule has 0 unspecified atom stereocenters. The SMILES string of the molecule is O=C(c1cc(-c2cccnc2)on1)N1CCN(Cc2cccc(Cl)c2Cl)CC1. The van der Waals surface area contributed by atoms with Gasteiger partial charge in [0.1, 0.15) is 0 Å². The van der Waals surface area contributed by atoms with E-state index in [2.05, 4.69) is 15.0 Å². The van der Waals surface area contributed by atoms with E-state index in [1.165, 1.54) is 0 Å². The second-order valence-corrected chi connectivity index (χ2v) is 7.38. The van der Waals surface area contributed by atoms with Crippen LogP contribution in [0.25, 0.3) is 11.3 Å². The van der Waals surface area contributed by atoms with E-state index in [-0.39, 0.29) is 5.91 Å². The molecule has 144 valence electrons. The molecule has 1 aliphatic heterocycles. The second-order valence-electron chi connectivity index (χ2n) is 6.60. The summed E-state index contributed by atoms with van der Waals surface area (Å²) in [6.45, 7) is 3.44. The van der Waals surface area contributed by atoms with Gasteiger partial charge in [-0.1, -0.05) is 40.5 Å². The number of carbonyl (C=O) groups is 1. The van der Waals surface area contributed by atoms with E-state index >= 15 is 0 Å². The predicted octanol–water partition coefficient (Wildman–Crippen LogP) is 4.00. The average Bonchev–Trinajstić information content (AvgIpc) is 3.22. The summed E-state index contributed by atoms with van der Waals surface area (Å²) in [6, 6.07) is 11.0. The molecule has 6 nitrogen and oxygen atoms in total. The third-order valence-corrected chi connectivity index (χ3v) is 5.62. The Morgan fingerprint density at radius 2 is 1.93 bits per heavy atom. The molecule has 1 aromatic carbocycles.